The molecule has 34 heavy (non-hydrogen) atoms. The number of benzene rings is 1. The van der Waals surface area contributed by atoms with Crippen molar-refractivity contribution in [1.29, 1.82) is 0 Å². The molecule has 0 aliphatic heterocycles. The molecule has 0 fully saturated rings. The SMILES string of the molecule is CN(CC(Nc1ncc(-c2nnc(C(F)F)o2)cn1)c1ccc(OC(F)(F)F)cc1)S(C)(=O)=O. The van der Waals surface area contributed by atoms with E-state index in [4.69, 9.17) is 4.42 Å². The Morgan fingerprint density at radius 2 is 1.74 bits per heavy atom. The first-order chi connectivity index (χ1) is 15.8. The third-order valence-corrected chi connectivity index (χ3v) is 5.63. The molecule has 2 aromatic heterocycles. The van der Waals surface area contributed by atoms with E-state index in [2.05, 4.69) is 30.2 Å². The van der Waals surface area contributed by atoms with Crippen molar-refractivity contribution in [2.75, 3.05) is 25.2 Å². The van der Waals surface area contributed by atoms with E-state index in [0.29, 0.717) is 5.56 Å². The first-order valence-electron chi connectivity index (χ1n) is 9.29. The maximum absolute atomic E-state index is 12.6. The molecule has 3 rings (SSSR count). The third-order valence-electron chi connectivity index (χ3n) is 4.35. The van der Waals surface area contributed by atoms with Crippen molar-refractivity contribution in [2.45, 2.75) is 18.8 Å². The first kappa shape index (κ1) is 25.2. The zero-order chi connectivity index (χ0) is 25.1. The Morgan fingerprint density at radius 1 is 1.12 bits per heavy atom. The highest BCUT2D eigenvalue weighted by atomic mass is 32.2. The lowest BCUT2D eigenvalue weighted by atomic mass is 10.1. The van der Waals surface area contributed by atoms with Crippen molar-refractivity contribution in [1.82, 2.24) is 24.5 Å². The van der Waals surface area contributed by atoms with Gasteiger partial charge in [0.05, 0.1) is 17.9 Å². The number of halogens is 5. The van der Waals surface area contributed by atoms with Gasteiger partial charge in [-0.2, -0.15) is 8.78 Å². The highest BCUT2D eigenvalue weighted by molar-refractivity contribution is 7.88. The molecular formula is C18H17F5N6O4S. The van der Waals surface area contributed by atoms with Crippen LogP contribution in [0, 0.1) is 0 Å². The number of hydrogen-bond donors (Lipinski definition) is 1. The van der Waals surface area contributed by atoms with Crippen LogP contribution in [-0.2, 0) is 10.0 Å². The summed E-state index contributed by atoms with van der Waals surface area (Å²) >= 11 is 0. The van der Waals surface area contributed by atoms with Crippen molar-refractivity contribution in [3.05, 3.63) is 48.1 Å². The first-order valence-corrected chi connectivity index (χ1v) is 11.1. The van der Waals surface area contributed by atoms with Gasteiger partial charge in [0.25, 0.3) is 11.8 Å². The minimum atomic E-state index is -4.86. The van der Waals surface area contributed by atoms with E-state index < -0.39 is 40.5 Å². The van der Waals surface area contributed by atoms with Gasteiger partial charge < -0.3 is 14.5 Å². The molecule has 0 saturated carbocycles. The Balaban J connectivity index is 1.82. The normalized spacial score (nSPS) is 13.3. The van der Waals surface area contributed by atoms with Gasteiger partial charge in [-0.05, 0) is 17.7 Å². The summed E-state index contributed by atoms with van der Waals surface area (Å²) < 4.78 is 95.9. The molecule has 16 heteroatoms. The molecule has 1 unspecified atom stereocenters. The number of nitrogens with one attached hydrogen (secondary N) is 1. The van der Waals surface area contributed by atoms with Gasteiger partial charge in [-0.3, -0.25) is 0 Å². The standard InChI is InChI=1S/C18H17F5N6O4S/c1-29(34(2,30)31)9-13(10-3-5-12(6-4-10)33-18(21,22)23)26-17-24-7-11(8-25-17)15-27-28-16(32-15)14(19)20/h3-8,13-14H,9H2,1-2H3,(H,24,25,26). The molecule has 1 N–H and O–H groups in total. The summed E-state index contributed by atoms with van der Waals surface area (Å²) in [5, 5.41) is 9.58. The smallest absolute Gasteiger partial charge is 0.415 e. The lowest BCUT2D eigenvalue weighted by molar-refractivity contribution is -0.274. The topological polar surface area (TPSA) is 123 Å². The second kappa shape index (κ2) is 9.84. The fourth-order valence-corrected chi connectivity index (χ4v) is 3.06. The van der Waals surface area contributed by atoms with Crippen molar-refractivity contribution < 1.29 is 39.5 Å². The molecule has 0 amide bonds. The van der Waals surface area contributed by atoms with E-state index in [9.17, 15) is 30.4 Å². The Labute approximate surface area is 189 Å². The van der Waals surface area contributed by atoms with Crippen LogP contribution in [0.15, 0.2) is 41.1 Å². The summed E-state index contributed by atoms with van der Waals surface area (Å²) in [5.74, 6) is -1.52. The van der Waals surface area contributed by atoms with Gasteiger partial charge in [-0.1, -0.05) is 12.1 Å². The van der Waals surface area contributed by atoms with Crippen LogP contribution in [0.2, 0.25) is 0 Å². The third kappa shape index (κ3) is 6.80. The maximum Gasteiger partial charge on any atom is 0.573 e. The van der Waals surface area contributed by atoms with E-state index in [1.807, 2.05) is 0 Å². The predicted molar refractivity (Wildman–Crippen MR) is 107 cm³/mol. The fraction of sp³-hybridized carbons (Fsp3) is 0.333. The number of aromatic nitrogens is 4. The molecule has 2 heterocycles. The van der Waals surface area contributed by atoms with E-state index in [0.717, 1.165) is 22.7 Å². The number of anilines is 1. The maximum atomic E-state index is 12.6. The van der Waals surface area contributed by atoms with Crippen molar-refractivity contribution in [3.8, 4) is 17.2 Å². The highest BCUT2D eigenvalue weighted by Gasteiger charge is 2.31. The molecule has 0 spiro atoms. The summed E-state index contributed by atoms with van der Waals surface area (Å²) in [4.78, 5) is 8.06. The number of nitrogens with zero attached hydrogens (tertiary/aromatic N) is 5. The van der Waals surface area contributed by atoms with Crippen molar-refractivity contribution in [3.63, 3.8) is 0 Å². The molecule has 0 aliphatic carbocycles. The van der Waals surface area contributed by atoms with Crippen LogP contribution in [0.4, 0.5) is 27.9 Å². The van der Waals surface area contributed by atoms with Gasteiger partial charge in [0.15, 0.2) is 0 Å². The number of likely N-dealkylation sites (N-methyl/N-ethyl adjacent to an activating group) is 1. The molecule has 1 atom stereocenters. The van der Waals surface area contributed by atoms with Gasteiger partial charge in [0.1, 0.15) is 5.75 Å². The molecule has 3 aromatic rings. The number of alkyl halides is 5. The molecule has 0 radical (unpaired) electrons. The minimum Gasteiger partial charge on any atom is -0.415 e. The van der Waals surface area contributed by atoms with Crippen LogP contribution in [0.25, 0.3) is 11.5 Å². The monoisotopic (exact) mass is 508 g/mol. The molecule has 0 saturated heterocycles. The second-order valence-corrected chi connectivity index (χ2v) is 8.99. The van der Waals surface area contributed by atoms with Gasteiger partial charge in [-0.15, -0.1) is 23.4 Å². The Kier molecular flexibility index (Phi) is 7.30. The summed E-state index contributed by atoms with van der Waals surface area (Å²) in [6, 6.07) is 4.04. The molecule has 184 valence electrons. The van der Waals surface area contributed by atoms with Gasteiger partial charge in [-0.25, -0.2) is 22.7 Å². The summed E-state index contributed by atoms with van der Waals surface area (Å²) in [5.41, 5.74) is 0.569. The molecule has 10 nitrogen and oxygen atoms in total. The predicted octanol–water partition coefficient (Wildman–Crippen LogP) is 3.41. The zero-order valence-electron chi connectivity index (χ0n) is 17.5. The van der Waals surface area contributed by atoms with Crippen molar-refractivity contribution >= 4 is 16.0 Å². The largest absolute Gasteiger partial charge is 0.573 e. The Hall–Kier alpha value is -3.40. The van der Waals surface area contributed by atoms with Crippen molar-refractivity contribution in [2.24, 2.45) is 0 Å². The molecule has 0 bridgehead atoms. The number of rotatable bonds is 9. The molecular weight excluding hydrogens is 491 g/mol. The summed E-state index contributed by atoms with van der Waals surface area (Å²) in [6.07, 6.45) is -4.37. The van der Waals surface area contributed by atoms with Gasteiger partial charge in [0.2, 0.25) is 16.0 Å². The van der Waals surface area contributed by atoms with Gasteiger partial charge in [0, 0.05) is 26.0 Å². The number of ether oxygens (including phenoxy) is 1. The van der Waals surface area contributed by atoms with Crippen LogP contribution >= 0.6 is 0 Å². The van der Waals surface area contributed by atoms with Gasteiger partial charge >= 0.3 is 12.8 Å². The fourth-order valence-electron chi connectivity index (χ4n) is 2.64. The van der Waals surface area contributed by atoms with Crippen LogP contribution in [-0.4, -0.2) is 59.1 Å². The van der Waals surface area contributed by atoms with Crippen LogP contribution in [0.3, 0.4) is 0 Å². The summed E-state index contributed by atoms with van der Waals surface area (Å²) in [6.45, 7) is -0.120. The lowest BCUT2D eigenvalue weighted by Gasteiger charge is -2.24. The zero-order valence-corrected chi connectivity index (χ0v) is 18.3. The molecule has 1 aromatic carbocycles. The summed E-state index contributed by atoms with van der Waals surface area (Å²) in [7, 11) is -2.26. The van der Waals surface area contributed by atoms with Crippen LogP contribution in [0.1, 0.15) is 23.9 Å². The van der Waals surface area contributed by atoms with Crippen LogP contribution in [0.5, 0.6) is 5.75 Å². The van der Waals surface area contributed by atoms with Crippen LogP contribution < -0.4 is 10.1 Å². The van der Waals surface area contributed by atoms with E-state index in [-0.39, 0.29) is 23.9 Å². The van der Waals surface area contributed by atoms with E-state index in [1.54, 1.807) is 0 Å². The number of hydrogen-bond acceptors (Lipinski definition) is 9. The number of sulfonamides is 1. The average molecular weight is 508 g/mol. The second-order valence-electron chi connectivity index (χ2n) is 6.90. The Bertz CT molecular complexity index is 1200. The highest BCUT2D eigenvalue weighted by Crippen LogP contribution is 2.27. The quantitative estimate of drug-likeness (QED) is 0.433. The molecule has 0 aliphatic rings. The van der Waals surface area contributed by atoms with E-state index >= 15 is 0 Å². The Morgan fingerprint density at radius 3 is 2.24 bits per heavy atom. The minimum absolute atomic E-state index is 0.0138. The van der Waals surface area contributed by atoms with E-state index in [1.165, 1.54) is 31.6 Å². The lowest BCUT2D eigenvalue weighted by Crippen LogP contribution is -2.33. The average Bonchev–Trinajstić information content (AvgIpc) is 3.23.